The maximum absolute atomic E-state index is 10.2. The van der Waals surface area contributed by atoms with Crippen molar-refractivity contribution in [3.8, 4) is 0 Å². The van der Waals surface area contributed by atoms with Gasteiger partial charge >= 0.3 is 0 Å². The van der Waals surface area contributed by atoms with Gasteiger partial charge in [-0.15, -0.1) is 0 Å². The first-order valence-electron chi connectivity index (χ1n) is 2.69. The van der Waals surface area contributed by atoms with Gasteiger partial charge in [-0.2, -0.15) is 12.6 Å². The van der Waals surface area contributed by atoms with Crippen molar-refractivity contribution in [2.45, 2.75) is 25.5 Å². The van der Waals surface area contributed by atoms with Crippen LogP contribution in [-0.2, 0) is 4.79 Å². The van der Waals surface area contributed by atoms with Crippen molar-refractivity contribution in [3.05, 3.63) is 0 Å². The highest BCUT2D eigenvalue weighted by atomic mass is 32.1. The average molecular weight is 132 g/mol. The molecule has 0 saturated heterocycles. The number of rotatable bonds is 2. The molecule has 0 heterocycles. The predicted molar refractivity (Wildman–Crippen MR) is 38.3 cm³/mol. The van der Waals surface area contributed by atoms with Crippen molar-refractivity contribution < 1.29 is 4.79 Å². The normalized spacial score (nSPS) is 18.1. The van der Waals surface area contributed by atoms with Gasteiger partial charge in [-0.25, -0.2) is 0 Å². The molecule has 0 bridgehead atoms. The van der Waals surface area contributed by atoms with Crippen LogP contribution in [0, 0.1) is 5.92 Å². The third-order valence-electron chi connectivity index (χ3n) is 1.41. The van der Waals surface area contributed by atoms with E-state index in [1.165, 1.54) is 0 Å². The molecule has 0 amide bonds. The summed E-state index contributed by atoms with van der Waals surface area (Å²) in [5, 5.41) is 0. The maximum Gasteiger partial charge on any atom is 0.135 e. The van der Waals surface area contributed by atoms with Crippen molar-refractivity contribution in [1.29, 1.82) is 0 Å². The summed E-state index contributed by atoms with van der Waals surface area (Å²) in [5.74, 6) is 0.309. The SMILES string of the molecule is CC(C)C(C)(S)C=O. The molecule has 0 aromatic heterocycles. The highest BCUT2D eigenvalue weighted by Gasteiger charge is 2.21. The quantitative estimate of drug-likeness (QED) is 0.445. The van der Waals surface area contributed by atoms with Crippen LogP contribution in [0.3, 0.4) is 0 Å². The Labute approximate surface area is 55.9 Å². The van der Waals surface area contributed by atoms with E-state index in [1.807, 2.05) is 20.8 Å². The zero-order valence-corrected chi connectivity index (χ0v) is 6.40. The van der Waals surface area contributed by atoms with Crippen molar-refractivity contribution in [3.63, 3.8) is 0 Å². The van der Waals surface area contributed by atoms with E-state index < -0.39 is 4.75 Å². The molecule has 0 aromatic carbocycles. The molecule has 0 fully saturated rings. The third-order valence-corrected chi connectivity index (χ3v) is 2.03. The number of thiol groups is 1. The summed E-state index contributed by atoms with van der Waals surface area (Å²) in [7, 11) is 0. The molecule has 0 rings (SSSR count). The van der Waals surface area contributed by atoms with Crippen molar-refractivity contribution >= 4 is 18.9 Å². The molecule has 0 radical (unpaired) electrons. The molecule has 48 valence electrons. The van der Waals surface area contributed by atoms with E-state index in [0.29, 0.717) is 5.92 Å². The molecular formula is C6H12OS. The lowest BCUT2D eigenvalue weighted by atomic mass is 9.99. The van der Waals surface area contributed by atoms with E-state index in [9.17, 15) is 4.79 Å². The van der Waals surface area contributed by atoms with Gasteiger partial charge in [0.15, 0.2) is 0 Å². The van der Waals surface area contributed by atoms with E-state index in [0.717, 1.165) is 6.29 Å². The van der Waals surface area contributed by atoms with Gasteiger partial charge in [0.2, 0.25) is 0 Å². The molecule has 8 heavy (non-hydrogen) atoms. The van der Waals surface area contributed by atoms with Gasteiger partial charge in [-0.3, -0.25) is 0 Å². The summed E-state index contributed by atoms with van der Waals surface area (Å²) in [6, 6.07) is 0. The minimum absolute atomic E-state index is 0.309. The monoisotopic (exact) mass is 132 g/mol. The summed E-state index contributed by atoms with van der Waals surface area (Å²) in [4.78, 5) is 10.2. The smallest absolute Gasteiger partial charge is 0.135 e. The number of hydrogen-bond donors (Lipinski definition) is 1. The molecule has 1 nitrogen and oxygen atoms in total. The van der Waals surface area contributed by atoms with E-state index in [-0.39, 0.29) is 0 Å². The van der Waals surface area contributed by atoms with Gasteiger partial charge in [0, 0.05) is 0 Å². The minimum atomic E-state index is -0.444. The molecule has 0 aliphatic rings. The lowest BCUT2D eigenvalue weighted by Crippen LogP contribution is -2.25. The maximum atomic E-state index is 10.2. The van der Waals surface area contributed by atoms with Gasteiger partial charge in [0.1, 0.15) is 6.29 Å². The highest BCUT2D eigenvalue weighted by molar-refractivity contribution is 7.82. The molecule has 0 aromatic rings. The predicted octanol–water partition coefficient (Wildman–Crippen LogP) is 1.53. The largest absolute Gasteiger partial charge is 0.302 e. The van der Waals surface area contributed by atoms with E-state index in [2.05, 4.69) is 12.6 Å². The Morgan fingerprint density at radius 2 is 2.00 bits per heavy atom. The lowest BCUT2D eigenvalue weighted by molar-refractivity contribution is -0.110. The van der Waals surface area contributed by atoms with Crippen LogP contribution >= 0.6 is 12.6 Å². The van der Waals surface area contributed by atoms with Crippen LogP contribution in [0.2, 0.25) is 0 Å². The lowest BCUT2D eigenvalue weighted by Gasteiger charge is -2.19. The first-order chi connectivity index (χ1) is 3.50. The van der Waals surface area contributed by atoms with Crippen LogP contribution in [0.5, 0.6) is 0 Å². The van der Waals surface area contributed by atoms with Crippen LogP contribution in [-0.4, -0.2) is 11.0 Å². The van der Waals surface area contributed by atoms with Crippen molar-refractivity contribution in [1.82, 2.24) is 0 Å². The van der Waals surface area contributed by atoms with E-state index >= 15 is 0 Å². The van der Waals surface area contributed by atoms with Crippen LogP contribution < -0.4 is 0 Å². The summed E-state index contributed by atoms with van der Waals surface area (Å²) >= 11 is 4.11. The van der Waals surface area contributed by atoms with Crippen LogP contribution in [0.25, 0.3) is 0 Å². The third kappa shape index (κ3) is 1.86. The molecule has 1 unspecified atom stereocenters. The fourth-order valence-corrected chi connectivity index (χ4v) is 0.136. The summed E-state index contributed by atoms with van der Waals surface area (Å²) < 4.78 is -0.444. The molecule has 0 aliphatic carbocycles. The molecule has 0 aliphatic heterocycles. The Morgan fingerprint density at radius 1 is 1.62 bits per heavy atom. The van der Waals surface area contributed by atoms with Gasteiger partial charge in [0.25, 0.3) is 0 Å². The van der Waals surface area contributed by atoms with Crippen LogP contribution in [0.1, 0.15) is 20.8 Å². The van der Waals surface area contributed by atoms with E-state index in [1.54, 1.807) is 0 Å². The highest BCUT2D eigenvalue weighted by Crippen LogP contribution is 2.20. The van der Waals surface area contributed by atoms with Gasteiger partial charge < -0.3 is 4.79 Å². The topological polar surface area (TPSA) is 17.1 Å². The Bertz CT molecular complexity index is 86.5. The van der Waals surface area contributed by atoms with Crippen molar-refractivity contribution in [2.75, 3.05) is 0 Å². The van der Waals surface area contributed by atoms with Gasteiger partial charge in [-0.05, 0) is 12.8 Å². The fraction of sp³-hybridized carbons (Fsp3) is 0.833. The molecule has 0 saturated carbocycles. The standard InChI is InChI=1S/C6H12OS/c1-5(2)6(3,8)4-7/h4-5,8H,1-3H3. The number of carbonyl (C=O) groups excluding carboxylic acids is 1. The Balaban J connectivity index is 3.90. The second-order valence-corrected chi connectivity index (χ2v) is 3.46. The molecule has 0 spiro atoms. The average Bonchev–Trinajstić information content (AvgIpc) is 1.67. The number of hydrogen-bond acceptors (Lipinski definition) is 2. The molecule has 2 heteroatoms. The molecular weight excluding hydrogens is 120 g/mol. The summed E-state index contributed by atoms with van der Waals surface area (Å²) in [6.07, 6.45) is 0.876. The molecule has 0 N–H and O–H groups in total. The molecule has 1 atom stereocenters. The van der Waals surface area contributed by atoms with Crippen LogP contribution in [0.15, 0.2) is 0 Å². The summed E-state index contributed by atoms with van der Waals surface area (Å²) in [5.41, 5.74) is 0. The van der Waals surface area contributed by atoms with Gasteiger partial charge in [0.05, 0.1) is 4.75 Å². The van der Waals surface area contributed by atoms with Crippen LogP contribution in [0.4, 0.5) is 0 Å². The minimum Gasteiger partial charge on any atom is -0.302 e. The second-order valence-electron chi connectivity index (χ2n) is 2.50. The number of aldehydes is 1. The zero-order valence-electron chi connectivity index (χ0n) is 5.51. The fourth-order valence-electron chi connectivity index (χ4n) is 0.136. The zero-order chi connectivity index (χ0) is 6.78. The second kappa shape index (κ2) is 2.53. The Morgan fingerprint density at radius 3 is 2.00 bits per heavy atom. The summed E-state index contributed by atoms with van der Waals surface area (Å²) in [6.45, 7) is 5.76. The van der Waals surface area contributed by atoms with Crippen molar-refractivity contribution in [2.24, 2.45) is 5.92 Å². The number of carbonyl (C=O) groups is 1. The first-order valence-corrected chi connectivity index (χ1v) is 3.14. The van der Waals surface area contributed by atoms with Gasteiger partial charge in [-0.1, -0.05) is 13.8 Å². The van der Waals surface area contributed by atoms with E-state index in [4.69, 9.17) is 0 Å². The Kier molecular flexibility index (Phi) is 2.54. The Hall–Kier alpha value is 0.0200. The first kappa shape index (κ1) is 8.02.